The summed E-state index contributed by atoms with van der Waals surface area (Å²) in [7, 11) is 0. The first-order chi connectivity index (χ1) is 11.2. The van der Waals surface area contributed by atoms with E-state index in [1.165, 1.54) is 6.07 Å². The first-order valence-corrected chi connectivity index (χ1v) is 7.43. The van der Waals surface area contributed by atoms with Gasteiger partial charge in [0.15, 0.2) is 11.5 Å². The number of nitrogens with one attached hydrogen (secondary N) is 1. The highest BCUT2D eigenvalue weighted by Crippen LogP contribution is 2.39. The summed E-state index contributed by atoms with van der Waals surface area (Å²) in [6.45, 7) is -0.362. The number of aromatic nitrogens is 2. The molecular formula is C15H17F2N3O3. The molecule has 1 aliphatic rings. The summed E-state index contributed by atoms with van der Waals surface area (Å²) < 4.78 is 40.0. The SMILES string of the molecule is CCOc1cc(CNc2nnc(C3CC3)o2)ccc1OC(F)F. The third-order valence-electron chi connectivity index (χ3n) is 3.33. The molecule has 0 radical (unpaired) electrons. The lowest BCUT2D eigenvalue weighted by molar-refractivity contribution is -0.0514. The third-order valence-corrected chi connectivity index (χ3v) is 3.33. The summed E-state index contributed by atoms with van der Waals surface area (Å²) in [6, 6.07) is 5.12. The average Bonchev–Trinajstić information content (AvgIpc) is 3.26. The number of alkyl halides is 2. The van der Waals surface area contributed by atoms with Crippen LogP contribution in [0.4, 0.5) is 14.8 Å². The van der Waals surface area contributed by atoms with Gasteiger partial charge in [-0.1, -0.05) is 11.2 Å². The van der Waals surface area contributed by atoms with E-state index >= 15 is 0 Å². The van der Waals surface area contributed by atoms with Crippen molar-refractivity contribution >= 4 is 6.01 Å². The Bertz CT molecular complexity index is 659. The molecule has 1 fully saturated rings. The van der Waals surface area contributed by atoms with Crippen molar-refractivity contribution < 1.29 is 22.7 Å². The van der Waals surface area contributed by atoms with Crippen molar-refractivity contribution in [2.45, 2.75) is 38.8 Å². The molecule has 8 heteroatoms. The van der Waals surface area contributed by atoms with Crippen molar-refractivity contribution in [3.8, 4) is 11.5 Å². The molecule has 0 atom stereocenters. The molecule has 1 N–H and O–H groups in total. The molecule has 0 amide bonds. The molecule has 23 heavy (non-hydrogen) atoms. The molecule has 0 saturated heterocycles. The minimum absolute atomic E-state index is 0.0133. The molecule has 6 nitrogen and oxygen atoms in total. The summed E-state index contributed by atoms with van der Waals surface area (Å²) in [5.41, 5.74) is 0.821. The van der Waals surface area contributed by atoms with Crippen molar-refractivity contribution in [2.24, 2.45) is 0 Å². The van der Waals surface area contributed by atoms with Gasteiger partial charge in [0, 0.05) is 12.5 Å². The van der Waals surface area contributed by atoms with Crippen LogP contribution in [-0.2, 0) is 6.54 Å². The van der Waals surface area contributed by atoms with Crippen LogP contribution >= 0.6 is 0 Å². The quantitative estimate of drug-likeness (QED) is 0.800. The summed E-state index contributed by atoms with van der Waals surface area (Å²) in [6.07, 6.45) is 2.18. The van der Waals surface area contributed by atoms with E-state index in [1.807, 2.05) is 0 Å². The Morgan fingerprint density at radius 2 is 2.13 bits per heavy atom. The molecule has 124 valence electrons. The summed E-state index contributed by atoms with van der Waals surface area (Å²) >= 11 is 0. The van der Waals surface area contributed by atoms with Crippen LogP contribution in [0.25, 0.3) is 0 Å². The second-order valence-corrected chi connectivity index (χ2v) is 5.17. The zero-order valence-corrected chi connectivity index (χ0v) is 12.6. The van der Waals surface area contributed by atoms with Crippen LogP contribution in [0.1, 0.15) is 37.1 Å². The van der Waals surface area contributed by atoms with Crippen molar-refractivity contribution in [3.63, 3.8) is 0 Å². The molecule has 1 saturated carbocycles. The Hall–Kier alpha value is -2.38. The van der Waals surface area contributed by atoms with Gasteiger partial charge in [0.25, 0.3) is 0 Å². The standard InChI is InChI=1S/C15H17F2N3O3/c1-2-21-12-7-9(3-6-11(12)22-14(16)17)8-18-15-20-19-13(23-15)10-4-5-10/h3,6-7,10,14H,2,4-5,8H2,1H3,(H,18,20). The summed E-state index contributed by atoms with van der Waals surface area (Å²) in [5.74, 6) is 1.34. The van der Waals surface area contributed by atoms with Crippen LogP contribution in [0, 0.1) is 0 Å². The zero-order chi connectivity index (χ0) is 16.2. The van der Waals surface area contributed by atoms with Crippen molar-refractivity contribution in [1.29, 1.82) is 0 Å². The molecular weight excluding hydrogens is 308 g/mol. The molecule has 1 aliphatic carbocycles. The highest BCUT2D eigenvalue weighted by molar-refractivity contribution is 5.43. The smallest absolute Gasteiger partial charge is 0.387 e. The van der Waals surface area contributed by atoms with Gasteiger partial charge in [0.2, 0.25) is 5.89 Å². The number of rotatable bonds is 8. The van der Waals surface area contributed by atoms with Crippen LogP contribution in [0.15, 0.2) is 22.6 Å². The lowest BCUT2D eigenvalue weighted by Gasteiger charge is -2.12. The molecule has 0 unspecified atom stereocenters. The predicted octanol–water partition coefficient (Wildman–Crippen LogP) is 3.56. The maximum atomic E-state index is 12.4. The van der Waals surface area contributed by atoms with Crippen LogP contribution in [0.3, 0.4) is 0 Å². The maximum absolute atomic E-state index is 12.4. The topological polar surface area (TPSA) is 69.4 Å². The fourth-order valence-corrected chi connectivity index (χ4v) is 2.10. The monoisotopic (exact) mass is 325 g/mol. The van der Waals surface area contributed by atoms with E-state index in [1.54, 1.807) is 19.1 Å². The number of halogens is 2. The molecule has 0 bridgehead atoms. The number of ether oxygens (including phenoxy) is 2. The molecule has 1 aromatic heterocycles. The average molecular weight is 325 g/mol. The minimum Gasteiger partial charge on any atom is -0.490 e. The third kappa shape index (κ3) is 4.08. The van der Waals surface area contributed by atoms with Crippen molar-refractivity contribution in [3.05, 3.63) is 29.7 Å². The fourth-order valence-electron chi connectivity index (χ4n) is 2.10. The molecule has 0 spiro atoms. The van der Waals surface area contributed by atoms with Crippen LogP contribution < -0.4 is 14.8 Å². The van der Waals surface area contributed by atoms with E-state index in [0.717, 1.165) is 18.4 Å². The van der Waals surface area contributed by atoms with Gasteiger partial charge in [-0.25, -0.2) is 0 Å². The Morgan fingerprint density at radius 3 is 2.83 bits per heavy atom. The maximum Gasteiger partial charge on any atom is 0.387 e. The molecule has 2 aromatic rings. The van der Waals surface area contributed by atoms with Gasteiger partial charge < -0.3 is 19.2 Å². The Kier molecular flexibility index (Phi) is 4.59. The van der Waals surface area contributed by atoms with Gasteiger partial charge in [0.05, 0.1) is 6.61 Å². The highest BCUT2D eigenvalue weighted by Gasteiger charge is 2.29. The van der Waals surface area contributed by atoms with Crippen LogP contribution in [0.5, 0.6) is 11.5 Å². The Labute approximate surface area is 131 Å². The number of hydrogen-bond acceptors (Lipinski definition) is 6. The largest absolute Gasteiger partial charge is 0.490 e. The second-order valence-electron chi connectivity index (χ2n) is 5.17. The molecule has 0 aliphatic heterocycles. The van der Waals surface area contributed by atoms with Crippen LogP contribution in [-0.4, -0.2) is 23.4 Å². The van der Waals surface area contributed by atoms with Gasteiger partial charge in [0.1, 0.15) is 0 Å². The normalized spacial score (nSPS) is 14.1. The lowest BCUT2D eigenvalue weighted by Crippen LogP contribution is -2.06. The Balaban J connectivity index is 1.65. The highest BCUT2D eigenvalue weighted by atomic mass is 19.3. The van der Waals surface area contributed by atoms with Gasteiger partial charge in [-0.15, -0.1) is 5.10 Å². The van der Waals surface area contributed by atoms with Crippen LogP contribution in [0.2, 0.25) is 0 Å². The lowest BCUT2D eigenvalue weighted by atomic mass is 10.2. The van der Waals surface area contributed by atoms with E-state index in [4.69, 9.17) is 9.15 Å². The summed E-state index contributed by atoms with van der Waals surface area (Å²) in [5, 5.41) is 10.9. The van der Waals surface area contributed by atoms with Gasteiger partial charge in [-0.2, -0.15) is 8.78 Å². The van der Waals surface area contributed by atoms with E-state index in [-0.39, 0.29) is 11.5 Å². The Morgan fingerprint density at radius 1 is 1.30 bits per heavy atom. The zero-order valence-electron chi connectivity index (χ0n) is 12.6. The van der Waals surface area contributed by atoms with E-state index in [2.05, 4.69) is 20.3 Å². The fraction of sp³-hybridized carbons (Fsp3) is 0.467. The number of anilines is 1. The summed E-state index contributed by atoms with van der Waals surface area (Å²) in [4.78, 5) is 0. The first-order valence-electron chi connectivity index (χ1n) is 7.43. The number of nitrogens with zero attached hydrogens (tertiary/aromatic N) is 2. The first kappa shape index (κ1) is 15.5. The van der Waals surface area contributed by atoms with Gasteiger partial charge >= 0.3 is 12.6 Å². The van der Waals surface area contributed by atoms with Gasteiger partial charge in [-0.3, -0.25) is 0 Å². The minimum atomic E-state index is -2.89. The number of hydrogen-bond donors (Lipinski definition) is 1. The molecule has 1 aromatic carbocycles. The van der Waals surface area contributed by atoms with E-state index < -0.39 is 6.61 Å². The van der Waals surface area contributed by atoms with Gasteiger partial charge in [-0.05, 0) is 37.5 Å². The van der Waals surface area contributed by atoms with E-state index in [0.29, 0.717) is 31.0 Å². The second kappa shape index (κ2) is 6.80. The predicted molar refractivity (Wildman–Crippen MR) is 77.8 cm³/mol. The van der Waals surface area contributed by atoms with E-state index in [9.17, 15) is 8.78 Å². The number of benzene rings is 1. The van der Waals surface area contributed by atoms with Crippen molar-refractivity contribution in [1.82, 2.24) is 10.2 Å². The molecule has 3 rings (SSSR count). The van der Waals surface area contributed by atoms with Crippen molar-refractivity contribution in [2.75, 3.05) is 11.9 Å². The molecule has 1 heterocycles.